The minimum Gasteiger partial charge on any atom is -0.497 e. The lowest BCUT2D eigenvalue weighted by molar-refractivity contribution is 0.0953. The second kappa shape index (κ2) is 8.02. The maximum absolute atomic E-state index is 12.6. The lowest BCUT2D eigenvalue weighted by atomic mass is 10.1. The molecule has 0 bridgehead atoms. The normalized spacial score (nSPS) is 11.0. The average Bonchev–Trinajstić information content (AvgIpc) is 2.59. The minimum absolute atomic E-state index is 0.0302. The van der Waals surface area contributed by atoms with E-state index in [4.69, 9.17) is 4.74 Å². The van der Waals surface area contributed by atoms with Gasteiger partial charge in [0.25, 0.3) is 15.9 Å². The predicted octanol–water partition coefficient (Wildman–Crippen LogP) is 2.94. The van der Waals surface area contributed by atoms with E-state index in [1.807, 2.05) is 6.92 Å². The molecular formula is C18H22N2O4S. The fourth-order valence-corrected chi connectivity index (χ4v) is 3.32. The van der Waals surface area contributed by atoms with Gasteiger partial charge in [0, 0.05) is 18.2 Å². The number of benzene rings is 2. The van der Waals surface area contributed by atoms with E-state index < -0.39 is 10.0 Å². The Morgan fingerprint density at radius 3 is 2.60 bits per heavy atom. The van der Waals surface area contributed by atoms with Gasteiger partial charge in [-0.15, -0.1) is 0 Å². The molecule has 0 fully saturated rings. The number of aryl methyl sites for hydroxylation is 1. The second-order valence-corrected chi connectivity index (χ2v) is 7.25. The molecule has 0 aliphatic heterocycles. The Balaban J connectivity index is 2.31. The molecule has 6 nitrogen and oxygen atoms in total. The molecule has 0 spiro atoms. The van der Waals surface area contributed by atoms with Crippen molar-refractivity contribution in [2.75, 3.05) is 18.4 Å². The number of anilines is 1. The Labute approximate surface area is 148 Å². The summed E-state index contributed by atoms with van der Waals surface area (Å²) in [4.78, 5) is 12.2. The van der Waals surface area contributed by atoms with Gasteiger partial charge >= 0.3 is 0 Å². The van der Waals surface area contributed by atoms with Crippen LogP contribution >= 0.6 is 0 Å². The van der Waals surface area contributed by atoms with Crippen molar-refractivity contribution in [3.63, 3.8) is 0 Å². The van der Waals surface area contributed by atoms with Gasteiger partial charge in [-0.1, -0.05) is 19.1 Å². The summed E-state index contributed by atoms with van der Waals surface area (Å²) in [6.07, 6.45) is 0.806. The maximum atomic E-state index is 12.6. The minimum atomic E-state index is -3.82. The standard InChI is InChI=1S/C18H22N2O4S/c1-4-10-19-18(21)17-12-16(9-8-13(17)2)25(22,23)20-14-6-5-7-15(11-14)24-3/h5-9,11-12,20H,4,10H2,1-3H3,(H,19,21). The highest BCUT2D eigenvalue weighted by Crippen LogP contribution is 2.22. The Morgan fingerprint density at radius 2 is 1.92 bits per heavy atom. The van der Waals surface area contributed by atoms with Crippen LogP contribution in [0, 0.1) is 6.92 Å². The third kappa shape index (κ3) is 4.73. The molecule has 134 valence electrons. The first-order valence-corrected chi connectivity index (χ1v) is 9.41. The van der Waals surface area contributed by atoms with E-state index in [-0.39, 0.29) is 10.8 Å². The molecule has 2 aromatic rings. The molecule has 0 aromatic heterocycles. The highest BCUT2D eigenvalue weighted by Gasteiger charge is 2.18. The summed E-state index contributed by atoms with van der Waals surface area (Å²) in [6, 6.07) is 11.1. The zero-order valence-corrected chi connectivity index (χ0v) is 15.3. The van der Waals surface area contributed by atoms with E-state index in [2.05, 4.69) is 10.0 Å². The van der Waals surface area contributed by atoms with E-state index in [1.165, 1.54) is 19.2 Å². The van der Waals surface area contributed by atoms with Crippen molar-refractivity contribution in [3.05, 3.63) is 53.6 Å². The van der Waals surface area contributed by atoms with Crippen LogP contribution < -0.4 is 14.8 Å². The lowest BCUT2D eigenvalue weighted by Gasteiger charge is -2.12. The highest BCUT2D eigenvalue weighted by molar-refractivity contribution is 7.92. The molecule has 25 heavy (non-hydrogen) atoms. The van der Waals surface area contributed by atoms with Gasteiger partial charge < -0.3 is 10.1 Å². The molecule has 2 aromatic carbocycles. The molecule has 0 aliphatic rings. The summed E-state index contributed by atoms with van der Waals surface area (Å²) < 4.78 is 32.8. The van der Waals surface area contributed by atoms with E-state index >= 15 is 0 Å². The number of nitrogens with one attached hydrogen (secondary N) is 2. The molecule has 0 atom stereocenters. The quantitative estimate of drug-likeness (QED) is 0.793. The van der Waals surface area contributed by atoms with Crippen molar-refractivity contribution < 1.29 is 17.9 Å². The van der Waals surface area contributed by atoms with Gasteiger partial charge in [-0.05, 0) is 43.2 Å². The van der Waals surface area contributed by atoms with Gasteiger partial charge in [-0.2, -0.15) is 0 Å². The van der Waals surface area contributed by atoms with Crippen LogP contribution in [0.3, 0.4) is 0 Å². The van der Waals surface area contributed by atoms with E-state index in [9.17, 15) is 13.2 Å². The summed E-state index contributed by atoms with van der Waals surface area (Å²) in [7, 11) is -2.31. The summed E-state index contributed by atoms with van der Waals surface area (Å²) >= 11 is 0. The molecule has 2 rings (SSSR count). The molecule has 1 amide bonds. The summed E-state index contributed by atoms with van der Waals surface area (Å²) in [5, 5.41) is 2.76. The maximum Gasteiger partial charge on any atom is 0.261 e. The molecule has 0 saturated heterocycles. The lowest BCUT2D eigenvalue weighted by Crippen LogP contribution is -2.25. The molecular weight excluding hydrogens is 340 g/mol. The number of methoxy groups -OCH3 is 1. The van der Waals surface area contributed by atoms with E-state index in [0.717, 1.165) is 6.42 Å². The number of carbonyl (C=O) groups is 1. The SMILES string of the molecule is CCCNC(=O)c1cc(S(=O)(=O)Nc2cccc(OC)c2)ccc1C. The van der Waals surface area contributed by atoms with Gasteiger partial charge in [-0.3, -0.25) is 9.52 Å². The van der Waals surface area contributed by atoms with E-state index in [0.29, 0.717) is 29.1 Å². The number of carbonyl (C=O) groups excluding carboxylic acids is 1. The van der Waals surface area contributed by atoms with Gasteiger partial charge in [0.1, 0.15) is 5.75 Å². The molecule has 0 radical (unpaired) electrons. The first-order chi connectivity index (χ1) is 11.9. The monoisotopic (exact) mass is 362 g/mol. The number of amides is 1. The predicted molar refractivity (Wildman–Crippen MR) is 97.6 cm³/mol. The number of hydrogen-bond acceptors (Lipinski definition) is 4. The Bertz CT molecular complexity index is 863. The number of hydrogen-bond donors (Lipinski definition) is 2. The third-order valence-electron chi connectivity index (χ3n) is 3.62. The molecule has 7 heteroatoms. The van der Waals surface area contributed by atoms with E-state index in [1.54, 1.807) is 37.3 Å². The third-order valence-corrected chi connectivity index (χ3v) is 5.00. The van der Waals surface area contributed by atoms with Crippen molar-refractivity contribution >= 4 is 21.6 Å². The van der Waals surface area contributed by atoms with Crippen LogP contribution in [0.4, 0.5) is 5.69 Å². The summed E-state index contributed by atoms with van der Waals surface area (Å²) in [6.45, 7) is 4.26. The molecule has 0 saturated carbocycles. The van der Waals surface area contributed by atoms with Crippen molar-refractivity contribution in [2.45, 2.75) is 25.2 Å². The first-order valence-electron chi connectivity index (χ1n) is 7.93. The van der Waals surface area contributed by atoms with Crippen LogP contribution in [-0.4, -0.2) is 28.0 Å². The van der Waals surface area contributed by atoms with Gasteiger partial charge in [0.2, 0.25) is 0 Å². The fourth-order valence-electron chi connectivity index (χ4n) is 2.25. The Morgan fingerprint density at radius 1 is 1.16 bits per heavy atom. The van der Waals surface area contributed by atoms with Crippen molar-refractivity contribution in [1.29, 1.82) is 0 Å². The number of rotatable bonds is 7. The summed E-state index contributed by atoms with van der Waals surface area (Å²) in [5.41, 5.74) is 1.45. The summed E-state index contributed by atoms with van der Waals surface area (Å²) in [5.74, 6) is 0.265. The number of ether oxygens (including phenoxy) is 1. The van der Waals surface area contributed by atoms with Crippen LogP contribution in [-0.2, 0) is 10.0 Å². The molecule has 0 heterocycles. The van der Waals surface area contributed by atoms with Crippen LogP contribution in [0.1, 0.15) is 29.3 Å². The second-order valence-electron chi connectivity index (χ2n) is 5.57. The van der Waals surface area contributed by atoms with Crippen molar-refractivity contribution in [2.24, 2.45) is 0 Å². The Hall–Kier alpha value is -2.54. The molecule has 2 N–H and O–H groups in total. The molecule has 0 aliphatic carbocycles. The van der Waals surface area contributed by atoms with Gasteiger partial charge in [-0.25, -0.2) is 8.42 Å². The smallest absolute Gasteiger partial charge is 0.261 e. The van der Waals surface area contributed by atoms with Crippen LogP contribution in [0.2, 0.25) is 0 Å². The topological polar surface area (TPSA) is 84.5 Å². The van der Waals surface area contributed by atoms with Crippen molar-refractivity contribution in [1.82, 2.24) is 5.32 Å². The van der Waals surface area contributed by atoms with Crippen molar-refractivity contribution in [3.8, 4) is 5.75 Å². The largest absolute Gasteiger partial charge is 0.497 e. The van der Waals surface area contributed by atoms with Crippen LogP contribution in [0.5, 0.6) is 5.75 Å². The zero-order valence-electron chi connectivity index (χ0n) is 14.5. The van der Waals surface area contributed by atoms with Crippen LogP contribution in [0.25, 0.3) is 0 Å². The molecule has 0 unspecified atom stereocenters. The first kappa shape index (κ1) is 18.8. The zero-order chi connectivity index (χ0) is 18.4. The average molecular weight is 362 g/mol. The number of sulfonamides is 1. The Kier molecular flexibility index (Phi) is 6.03. The fraction of sp³-hybridized carbons (Fsp3) is 0.278. The van der Waals surface area contributed by atoms with Gasteiger partial charge in [0.05, 0.1) is 17.7 Å². The van der Waals surface area contributed by atoms with Crippen LogP contribution in [0.15, 0.2) is 47.4 Å². The highest BCUT2D eigenvalue weighted by atomic mass is 32.2. The van der Waals surface area contributed by atoms with Gasteiger partial charge in [0.15, 0.2) is 0 Å².